The molecule has 204 valence electrons. The summed E-state index contributed by atoms with van der Waals surface area (Å²) >= 11 is 0. The molecule has 0 amide bonds. The Labute approximate surface area is 244 Å². The molecule has 4 aromatic carbocycles. The van der Waals surface area contributed by atoms with E-state index in [0.717, 1.165) is 61.4 Å². The summed E-state index contributed by atoms with van der Waals surface area (Å²) in [5, 5.41) is 10.7. The number of imidazole rings is 1. The van der Waals surface area contributed by atoms with Gasteiger partial charge < -0.3 is 5.11 Å². The van der Waals surface area contributed by atoms with E-state index in [9.17, 15) is 5.11 Å². The van der Waals surface area contributed by atoms with Crippen LogP contribution in [0.1, 0.15) is 26.3 Å². The zero-order valence-electron chi connectivity index (χ0n) is 23.8. The van der Waals surface area contributed by atoms with E-state index in [2.05, 4.69) is 89.9 Å². The van der Waals surface area contributed by atoms with Gasteiger partial charge >= 0.3 is 0 Å². The fourth-order valence-corrected chi connectivity index (χ4v) is 5.62. The van der Waals surface area contributed by atoms with E-state index in [1.54, 1.807) is 12.3 Å². The van der Waals surface area contributed by atoms with Crippen molar-refractivity contribution >= 4 is 22.1 Å². The molecule has 3 aromatic heterocycles. The molecule has 7 rings (SSSR count). The molecule has 0 saturated carbocycles. The van der Waals surface area contributed by atoms with Gasteiger partial charge in [-0.25, -0.2) is 4.98 Å². The Hall–Kier alpha value is -5.29. The van der Waals surface area contributed by atoms with Gasteiger partial charge in [-0.2, -0.15) is 0 Å². The maximum atomic E-state index is 10.7. The van der Waals surface area contributed by atoms with Crippen molar-refractivity contribution in [2.24, 2.45) is 0 Å². The monoisotopic (exact) mass is 546 g/mol. The lowest BCUT2D eigenvalue weighted by atomic mass is 9.87. The zero-order valence-corrected chi connectivity index (χ0v) is 23.8. The van der Waals surface area contributed by atoms with Crippen LogP contribution in [0.4, 0.5) is 0 Å². The molecule has 7 aromatic rings. The number of phenols is 1. The van der Waals surface area contributed by atoms with Crippen LogP contribution in [-0.2, 0) is 5.41 Å². The summed E-state index contributed by atoms with van der Waals surface area (Å²) in [5.74, 6) is 1.05. The minimum Gasteiger partial charge on any atom is -0.507 e. The summed E-state index contributed by atoms with van der Waals surface area (Å²) in [6.45, 7) is 6.67. The highest BCUT2D eigenvalue weighted by Crippen LogP contribution is 2.38. The van der Waals surface area contributed by atoms with Crippen molar-refractivity contribution in [3.05, 3.63) is 127 Å². The summed E-state index contributed by atoms with van der Waals surface area (Å²) < 4.78 is 2.22. The van der Waals surface area contributed by atoms with Gasteiger partial charge in [0.15, 0.2) is 0 Å². The number of aromatic hydroxyl groups is 1. The lowest BCUT2D eigenvalue weighted by Crippen LogP contribution is -2.11. The summed E-state index contributed by atoms with van der Waals surface area (Å²) in [4.78, 5) is 14.4. The summed E-state index contributed by atoms with van der Waals surface area (Å²) in [7, 11) is 0. The van der Waals surface area contributed by atoms with E-state index in [0.29, 0.717) is 0 Å². The summed E-state index contributed by atoms with van der Waals surface area (Å²) in [6.07, 6.45) is 3.63. The van der Waals surface area contributed by atoms with Crippen molar-refractivity contribution in [3.8, 4) is 45.1 Å². The van der Waals surface area contributed by atoms with Gasteiger partial charge in [-0.3, -0.25) is 14.5 Å². The molecule has 0 aliphatic carbocycles. The maximum Gasteiger partial charge on any atom is 0.145 e. The average molecular weight is 547 g/mol. The molecule has 5 heteroatoms. The Morgan fingerprint density at radius 2 is 1.38 bits per heavy atom. The van der Waals surface area contributed by atoms with Gasteiger partial charge in [0.2, 0.25) is 0 Å². The Morgan fingerprint density at radius 3 is 2.19 bits per heavy atom. The van der Waals surface area contributed by atoms with Gasteiger partial charge in [0, 0.05) is 40.3 Å². The third kappa shape index (κ3) is 4.40. The number of fused-ring (bicyclic) bond motifs is 2. The topological polar surface area (TPSA) is 63.8 Å². The minimum atomic E-state index is 0.0477. The van der Waals surface area contributed by atoms with E-state index < -0.39 is 0 Å². The lowest BCUT2D eigenvalue weighted by Gasteiger charge is -2.19. The molecule has 0 spiro atoms. The lowest BCUT2D eigenvalue weighted by molar-refractivity contribution is 0.477. The van der Waals surface area contributed by atoms with Crippen LogP contribution in [0.15, 0.2) is 122 Å². The number of hydrogen-bond donors (Lipinski definition) is 1. The third-order valence-corrected chi connectivity index (χ3v) is 7.80. The summed E-state index contributed by atoms with van der Waals surface area (Å²) in [5.41, 5.74) is 10.6. The molecule has 0 saturated heterocycles. The molecule has 42 heavy (non-hydrogen) atoms. The zero-order chi connectivity index (χ0) is 28.8. The van der Waals surface area contributed by atoms with Gasteiger partial charge in [-0.15, -0.1) is 0 Å². The third-order valence-electron chi connectivity index (χ3n) is 7.80. The first-order valence-corrected chi connectivity index (χ1v) is 14.1. The molecular formula is C37H30N4O. The molecule has 0 unspecified atom stereocenters. The number of nitrogens with zero attached hydrogens (tertiary/aromatic N) is 4. The van der Waals surface area contributed by atoms with E-state index in [-0.39, 0.29) is 11.2 Å². The Balaban J connectivity index is 1.48. The maximum absolute atomic E-state index is 10.7. The van der Waals surface area contributed by atoms with Crippen LogP contribution in [0.3, 0.4) is 0 Å². The van der Waals surface area contributed by atoms with E-state index in [1.807, 2.05) is 54.7 Å². The van der Waals surface area contributed by atoms with Gasteiger partial charge in [0.1, 0.15) is 11.6 Å². The first-order valence-electron chi connectivity index (χ1n) is 14.1. The van der Waals surface area contributed by atoms with E-state index in [1.165, 1.54) is 5.56 Å². The van der Waals surface area contributed by atoms with Crippen LogP contribution in [-0.4, -0.2) is 24.6 Å². The van der Waals surface area contributed by atoms with Crippen LogP contribution in [0.2, 0.25) is 0 Å². The fraction of sp³-hybridized carbons (Fsp3) is 0.108. The molecule has 3 heterocycles. The highest BCUT2D eigenvalue weighted by Gasteiger charge is 2.20. The molecular weight excluding hydrogens is 516 g/mol. The number of para-hydroxylation sites is 2. The average Bonchev–Trinajstić information content (AvgIpc) is 3.41. The number of benzene rings is 4. The molecule has 0 atom stereocenters. The molecule has 5 nitrogen and oxygen atoms in total. The van der Waals surface area contributed by atoms with Crippen LogP contribution in [0, 0.1) is 0 Å². The molecule has 0 fully saturated rings. The van der Waals surface area contributed by atoms with Gasteiger partial charge in [-0.1, -0.05) is 81.4 Å². The predicted octanol–water partition coefficient (Wildman–Crippen LogP) is 8.97. The first-order chi connectivity index (χ1) is 20.4. The summed E-state index contributed by atoms with van der Waals surface area (Å²) in [6, 6.07) is 36.6. The molecule has 0 aliphatic heterocycles. The van der Waals surface area contributed by atoms with Crippen molar-refractivity contribution in [2.75, 3.05) is 0 Å². The SMILES string of the molecule is CC(C)(C)c1ccc(-n2c(-c3cccc(-c4ccnc5cccnc45)c3)nc3c(-c4ccccc4O)cccc32)cc1. The standard InChI is InChI=1S/C37H30N4O/c1-37(2,3)26-16-18-27(19-17-26)41-32-14-7-12-30(29-11-4-5-15-33(29)42)35(32)40-36(41)25-10-6-9-24(23-25)28-20-22-38-31-13-8-21-39-34(28)31/h4-23,42H,1-3H3. The quantitative estimate of drug-likeness (QED) is 0.239. The molecule has 0 radical (unpaired) electrons. The van der Waals surface area contributed by atoms with Crippen molar-refractivity contribution < 1.29 is 5.11 Å². The highest BCUT2D eigenvalue weighted by molar-refractivity contribution is 5.97. The first kappa shape index (κ1) is 25.7. The Kier molecular flexibility index (Phi) is 6.09. The predicted molar refractivity (Wildman–Crippen MR) is 171 cm³/mol. The van der Waals surface area contributed by atoms with Crippen LogP contribution in [0.25, 0.3) is 61.4 Å². The van der Waals surface area contributed by atoms with Gasteiger partial charge in [0.05, 0.1) is 22.1 Å². The second-order valence-electron chi connectivity index (χ2n) is 11.6. The van der Waals surface area contributed by atoms with E-state index >= 15 is 0 Å². The van der Waals surface area contributed by atoms with Crippen molar-refractivity contribution in [2.45, 2.75) is 26.2 Å². The van der Waals surface area contributed by atoms with Crippen molar-refractivity contribution in [3.63, 3.8) is 0 Å². The number of pyridine rings is 2. The fourth-order valence-electron chi connectivity index (χ4n) is 5.62. The number of phenolic OH excluding ortho intramolecular Hbond substituents is 1. The number of hydrogen-bond acceptors (Lipinski definition) is 4. The normalized spacial score (nSPS) is 11.8. The van der Waals surface area contributed by atoms with Crippen molar-refractivity contribution in [1.82, 2.24) is 19.5 Å². The van der Waals surface area contributed by atoms with Crippen LogP contribution >= 0.6 is 0 Å². The van der Waals surface area contributed by atoms with Gasteiger partial charge in [0.25, 0.3) is 0 Å². The molecule has 0 bridgehead atoms. The van der Waals surface area contributed by atoms with Gasteiger partial charge in [-0.05, 0) is 65.1 Å². The van der Waals surface area contributed by atoms with Crippen molar-refractivity contribution in [1.29, 1.82) is 0 Å². The second kappa shape index (κ2) is 9.96. The second-order valence-corrected chi connectivity index (χ2v) is 11.6. The minimum absolute atomic E-state index is 0.0477. The number of rotatable bonds is 4. The molecule has 0 aliphatic rings. The van der Waals surface area contributed by atoms with Crippen LogP contribution in [0.5, 0.6) is 5.75 Å². The van der Waals surface area contributed by atoms with E-state index in [4.69, 9.17) is 4.98 Å². The number of aromatic nitrogens is 4. The van der Waals surface area contributed by atoms with Crippen LogP contribution < -0.4 is 0 Å². The Morgan fingerprint density at radius 1 is 0.619 bits per heavy atom. The molecule has 1 N–H and O–H groups in total. The highest BCUT2D eigenvalue weighted by atomic mass is 16.3. The smallest absolute Gasteiger partial charge is 0.145 e. The Bertz CT molecular complexity index is 2080. The largest absolute Gasteiger partial charge is 0.507 e.